The van der Waals surface area contributed by atoms with Crippen molar-refractivity contribution >= 4 is 23.2 Å². The van der Waals surface area contributed by atoms with Gasteiger partial charge in [-0.3, -0.25) is 9.59 Å². The van der Waals surface area contributed by atoms with E-state index in [0.717, 1.165) is 6.07 Å². The molecule has 0 saturated carbocycles. The second-order valence-corrected chi connectivity index (χ2v) is 7.00. The number of halogens is 2. The first-order chi connectivity index (χ1) is 15.9. The van der Waals surface area contributed by atoms with Gasteiger partial charge in [0.05, 0.1) is 17.5 Å². The highest BCUT2D eigenvalue weighted by molar-refractivity contribution is 6.06. The van der Waals surface area contributed by atoms with Crippen LogP contribution >= 0.6 is 0 Å². The van der Waals surface area contributed by atoms with E-state index in [1.165, 1.54) is 54.8 Å². The highest BCUT2D eigenvalue weighted by Gasteiger charge is 2.16. The molecule has 7 nitrogen and oxygen atoms in total. The summed E-state index contributed by atoms with van der Waals surface area (Å²) in [4.78, 5) is 24.8. The Bertz CT molecular complexity index is 1290. The molecule has 0 fully saturated rings. The third-order valence-electron chi connectivity index (χ3n) is 4.66. The van der Waals surface area contributed by atoms with E-state index < -0.39 is 17.6 Å². The zero-order chi connectivity index (χ0) is 23.4. The van der Waals surface area contributed by atoms with Crippen LogP contribution in [0.15, 0.2) is 75.8 Å². The maximum absolute atomic E-state index is 14.2. The van der Waals surface area contributed by atoms with Crippen molar-refractivity contribution in [3.8, 4) is 5.75 Å². The van der Waals surface area contributed by atoms with Crippen molar-refractivity contribution in [2.24, 2.45) is 0 Å². The summed E-state index contributed by atoms with van der Waals surface area (Å²) < 4.78 is 43.2. The molecule has 2 N–H and O–H groups in total. The molecule has 0 aliphatic carbocycles. The average molecular weight is 452 g/mol. The van der Waals surface area contributed by atoms with Crippen molar-refractivity contribution in [2.75, 3.05) is 10.6 Å². The molecule has 2 amide bonds. The Morgan fingerprint density at radius 2 is 1.73 bits per heavy atom. The lowest BCUT2D eigenvalue weighted by Crippen LogP contribution is -2.15. The molecule has 2 heterocycles. The summed E-state index contributed by atoms with van der Waals surface area (Å²) in [5, 5.41) is 5.04. The Balaban J connectivity index is 1.39. The molecule has 4 rings (SSSR count). The van der Waals surface area contributed by atoms with Crippen LogP contribution in [0.4, 0.5) is 20.2 Å². The molecule has 0 aliphatic rings. The zero-order valence-electron chi connectivity index (χ0n) is 17.4. The number of anilines is 2. The van der Waals surface area contributed by atoms with Gasteiger partial charge in [-0.05, 0) is 67.6 Å². The molecule has 2 aromatic heterocycles. The largest absolute Gasteiger partial charge is 0.486 e. The summed E-state index contributed by atoms with van der Waals surface area (Å²) in [6.07, 6.45) is 1.36. The molecule has 9 heteroatoms. The summed E-state index contributed by atoms with van der Waals surface area (Å²) in [5.74, 6) is -0.915. The van der Waals surface area contributed by atoms with Crippen LogP contribution < -0.4 is 15.4 Å². The lowest BCUT2D eigenvalue weighted by atomic mass is 10.2. The number of furan rings is 2. The highest BCUT2D eigenvalue weighted by atomic mass is 19.1. The van der Waals surface area contributed by atoms with E-state index in [4.69, 9.17) is 13.6 Å². The second-order valence-electron chi connectivity index (χ2n) is 7.00. The zero-order valence-corrected chi connectivity index (χ0v) is 17.4. The van der Waals surface area contributed by atoms with Crippen molar-refractivity contribution < 1.29 is 31.9 Å². The molecule has 0 saturated heterocycles. The Kier molecular flexibility index (Phi) is 6.21. The first kappa shape index (κ1) is 21.8. The molecule has 168 valence electrons. The number of ether oxygens (including phenoxy) is 1. The number of carbonyl (C=O) groups excluding carboxylic acids is 2. The SMILES string of the molecule is Cc1occc1C(=O)Nc1cc(NC(=O)c2ccc(COc3ccc(F)cc3)o2)ccc1F. The number of carbonyl (C=O) groups is 2. The minimum atomic E-state index is -0.666. The molecule has 2 aromatic carbocycles. The van der Waals surface area contributed by atoms with Crippen molar-refractivity contribution in [1.82, 2.24) is 0 Å². The summed E-state index contributed by atoms with van der Waals surface area (Å²) >= 11 is 0. The molecule has 4 aromatic rings. The van der Waals surface area contributed by atoms with Gasteiger partial charge >= 0.3 is 0 Å². The van der Waals surface area contributed by atoms with Crippen LogP contribution in [-0.2, 0) is 6.61 Å². The monoisotopic (exact) mass is 452 g/mol. The number of aryl methyl sites for hydroxylation is 1. The summed E-state index contributed by atoms with van der Waals surface area (Å²) in [6.45, 7) is 1.66. The molecular weight excluding hydrogens is 434 g/mol. The fourth-order valence-corrected chi connectivity index (χ4v) is 2.96. The third-order valence-corrected chi connectivity index (χ3v) is 4.66. The van der Waals surface area contributed by atoms with Gasteiger partial charge in [-0.25, -0.2) is 8.78 Å². The maximum Gasteiger partial charge on any atom is 0.291 e. The first-order valence-electron chi connectivity index (χ1n) is 9.82. The fourth-order valence-electron chi connectivity index (χ4n) is 2.96. The minimum absolute atomic E-state index is 0.0108. The predicted molar refractivity (Wildman–Crippen MR) is 115 cm³/mol. The second kappa shape index (κ2) is 9.39. The maximum atomic E-state index is 14.2. The summed E-state index contributed by atoms with van der Waals surface area (Å²) in [5.41, 5.74) is 0.419. The molecule has 0 radical (unpaired) electrons. The molecule has 0 aliphatic heterocycles. The van der Waals surface area contributed by atoms with Gasteiger partial charge in [0.1, 0.15) is 35.5 Å². The number of benzene rings is 2. The van der Waals surface area contributed by atoms with E-state index in [1.807, 2.05) is 0 Å². The number of nitrogens with one attached hydrogen (secondary N) is 2. The van der Waals surface area contributed by atoms with Crippen LogP contribution in [0.2, 0.25) is 0 Å². The van der Waals surface area contributed by atoms with Crippen molar-refractivity contribution in [1.29, 1.82) is 0 Å². The van der Waals surface area contributed by atoms with Crippen LogP contribution in [0, 0.1) is 18.6 Å². The Labute approximate surface area is 187 Å². The van der Waals surface area contributed by atoms with Crippen LogP contribution in [0.5, 0.6) is 5.75 Å². The molecule has 33 heavy (non-hydrogen) atoms. The van der Waals surface area contributed by atoms with Gasteiger partial charge in [-0.15, -0.1) is 0 Å². The van der Waals surface area contributed by atoms with Gasteiger partial charge in [-0.2, -0.15) is 0 Å². The van der Waals surface area contributed by atoms with Crippen LogP contribution in [0.3, 0.4) is 0 Å². The average Bonchev–Trinajstić information content (AvgIpc) is 3.45. The standard InChI is InChI=1S/C24H18F2N2O5/c1-14-19(10-11-31-14)23(29)28-21-12-16(4-8-20(21)26)27-24(30)22-9-7-18(33-22)13-32-17-5-2-15(25)3-6-17/h2-12H,13H2,1H3,(H,27,30)(H,28,29). The number of hydrogen-bond acceptors (Lipinski definition) is 5. The highest BCUT2D eigenvalue weighted by Crippen LogP contribution is 2.22. The van der Waals surface area contributed by atoms with Crippen LogP contribution in [-0.4, -0.2) is 11.8 Å². The van der Waals surface area contributed by atoms with E-state index in [9.17, 15) is 18.4 Å². The quantitative estimate of drug-likeness (QED) is 0.384. The fraction of sp³-hybridized carbons (Fsp3) is 0.0833. The topological polar surface area (TPSA) is 93.7 Å². The molecule has 0 atom stereocenters. The van der Waals surface area contributed by atoms with E-state index in [-0.39, 0.29) is 35.1 Å². The van der Waals surface area contributed by atoms with Crippen molar-refractivity contribution in [2.45, 2.75) is 13.5 Å². The predicted octanol–water partition coefficient (Wildman–Crippen LogP) is 5.54. The smallest absolute Gasteiger partial charge is 0.291 e. The molecule has 0 unspecified atom stereocenters. The van der Waals surface area contributed by atoms with E-state index in [1.54, 1.807) is 13.0 Å². The Hall–Kier alpha value is -4.40. The summed E-state index contributed by atoms with van der Waals surface area (Å²) in [6, 6.07) is 13.8. The minimum Gasteiger partial charge on any atom is -0.486 e. The van der Waals surface area contributed by atoms with E-state index in [2.05, 4.69) is 10.6 Å². The first-order valence-corrected chi connectivity index (χ1v) is 9.82. The van der Waals surface area contributed by atoms with Gasteiger partial charge in [-0.1, -0.05) is 0 Å². The third kappa shape index (κ3) is 5.27. The summed E-state index contributed by atoms with van der Waals surface area (Å²) in [7, 11) is 0. The van der Waals surface area contributed by atoms with Gasteiger partial charge in [0.2, 0.25) is 0 Å². The van der Waals surface area contributed by atoms with Gasteiger partial charge in [0.15, 0.2) is 5.76 Å². The van der Waals surface area contributed by atoms with Gasteiger partial charge < -0.3 is 24.2 Å². The van der Waals surface area contributed by atoms with Crippen molar-refractivity contribution in [3.05, 3.63) is 101 Å². The Morgan fingerprint density at radius 3 is 2.45 bits per heavy atom. The van der Waals surface area contributed by atoms with E-state index in [0.29, 0.717) is 17.3 Å². The molecule has 0 bridgehead atoms. The molecular formula is C24H18F2N2O5. The lowest BCUT2D eigenvalue weighted by Gasteiger charge is -2.09. The van der Waals surface area contributed by atoms with Crippen LogP contribution in [0.25, 0.3) is 0 Å². The lowest BCUT2D eigenvalue weighted by molar-refractivity contribution is 0.0991. The van der Waals surface area contributed by atoms with Gasteiger partial charge in [0.25, 0.3) is 11.8 Å². The number of rotatable bonds is 7. The molecule has 0 spiro atoms. The van der Waals surface area contributed by atoms with E-state index >= 15 is 0 Å². The normalized spacial score (nSPS) is 10.6. The number of hydrogen-bond donors (Lipinski definition) is 2. The van der Waals surface area contributed by atoms with Crippen molar-refractivity contribution in [3.63, 3.8) is 0 Å². The Morgan fingerprint density at radius 1 is 0.939 bits per heavy atom. The van der Waals surface area contributed by atoms with Gasteiger partial charge in [0, 0.05) is 5.69 Å². The number of amides is 2. The van der Waals surface area contributed by atoms with Crippen LogP contribution in [0.1, 0.15) is 32.4 Å².